The third-order valence-corrected chi connectivity index (χ3v) is 13.1. The van der Waals surface area contributed by atoms with E-state index < -0.39 is 24.6 Å². The number of aromatic amines is 1. The molecule has 0 unspecified atom stereocenters. The van der Waals surface area contributed by atoms with E-state index in [9.17, 15) is 13.2 Å². The van der Waals surface area contributed by atoms with Gasteiger partial charge in [-0.25, -0.2) is 43.1 Å². The molecule has 0 aliphatic rings. The maximum absolute atomic E-state index is 15.9. The van der Waals surface area contributed by atoms with E-state index in [0.717, 1.165) is 55.8 Å². The number of benzene rings is 10. The standard InChI is InChI=1S/C33H21FN4.C21H13F2N3.C12H9N.CH3F.CH2O3.2Cs.HI.H/c34-28-21-24(38-29-17-9-7-15-25(29)26-16-8-10-18-30(26)38)19-20-27(28)33-36-31(22-11-3-1-4-12-22)35-32(37-33)23-13-5-2-6-14-23;22-16-11-12-17(18(23)13-16)21-25-19(14-7-3-1-4-8-14)24-20(26-21)15-9-5-2-6-10-15;1-3-7-11-9(5-1)10-6-2-4-8-12(10)13-11;1-2;2-1-4-3;;;;/h1-21H;1-13H;1-8,13H;1H3;1,3H;;;1H;/q;;;;;2*+1;;-1/p-1/i;;;1D;;;;;. The number of rotatable bonds is 8. The average Bonchev–Trinajstić information content (AvgIpc) is 2.24. The van der Waals surface area contributed by atoms with Gasteiger partial charge >= 0.3 is 138 Å². The van der Waals surface area contributed by atoms with Crippen molar-refractivity contribution in [3.63, 3.8) is 0 Å². The van der Waals surface area contributed by atoms with Crippen LogP contribution in [0.1, 0.15) is 2.80 Å². The molecule has 0 aliphatic heterocycles. The summed E-state index contributed by atoms with van der Waals surface area (Å²) in [6.07, 6.45) is 0. The Morgan fingerprint density at radius 1 is 0.442 bits per heavy atom. The summed E-state index contributed by atoms with van der Waals surface area (Å²) in [6, 6.07) is 79.9. The summed E-state index contributed by atoms with van der Waals surface area (Å²) in [5.74, 6) is 0.561. The molecule has 0 fully saturated rings. The molecule has 0 amide bonds. The first-order chi connectivity index (χ1) is 41.2. The van der Waals surface area contributed by atoms with Crippen molar-refractivity contribution in [2.75, 3.05) is 7.15 Å². The molecule has 14 rings (SSSR count). The van der Waals surface area contributed by atoms with Gasteiger partial charge in [-0.2, -0.15) is 0 Å². The number of carbonyl (C=O) groups is 1. The number of para-hydroxylation sites is 4. The fourth-order valence-electron chi connectivity index (χ4n) is 9.35. The van der Waals surface area contributed by atoms with Gasteiger partial charge in [0.15, 0.2) is 34.9 Å². The monoisotopic (exact) mass is 1500 g/mol. The second kappa shape index (κ2) is 33.2. The van der Waals surface area contributed by atoms with E-state index in [1.165, 1.54) is 33.9 Å². The van der Waals surface area contributed by atoms with E-state index in [1.54, 1.807) is 12.1 Å². The van der Waals surface area contributed by atoms with Crippen molar-refractivity contribution in [3.8, 4) is 74.0 Å². The van der Waals surface area contributed by atoms with Crippen molar-refractivity contribution in [2.45, 2.75) is 0 Å². The second-order valence-electron chi connectivity index (χ2n) is 18.1. The maximum atomic E-state index is 15.9. The molecule has 0 radical (unpaired) electrons. The number of H-pyrrole nitrogens is 1. The van der Waals surface area contributed by atoms with Gasteiger partial charge in [-0.15, -0.1) is 24.0 Å². The summed E-state index contributed by atoms with van der Waals surface area (Å²) in [6.45, 7) is -0.181. The number of nitrogens with one attached hydrogen (secondary N) is 1. The Balaban J connectivity index is 0.000000213. The van der Waals surface area contributed by atoms with Crippen LogP contribution < -0.4 is 143 Å². The molecule has 0 saturated heterocycles. The summed E-state index contributed by atoms with van der Waals surface area (Å²) in [5.41, 5.74) is 8.93. The quantitative estimate of drug-likeness (QED) is 0.0516. The zero-order valence-electron chi connectivity index (χ0n) is 48.3. The number of alkyl halides is 1. The predicted octanol–water partition coefficient (Wildman–Crippen LogP) is 10.3. The Morgan fingerprint density at radius 3 is 1.09 bits per heavy atom. The smallest absolute Gasteiger partial charge is 1.00 e. The number of carbonyl (C=O) groups excluding carboxylic acids is 1. The van der Waals surface area contributed by atoms with E-state index in [-0.39, 0.29) is 181 Å². The van der Waals surface area contributed by atoms with Gasteiger partial charge in [0.25, 0.3) is 6.47 Å². The number of hydrogen-bond acceptors (Lipinski definition) is 9. The maximum Gasteiger partial charge on any atom is 1.00 e. The Bertz CT molecular complexity index is 4310. The fourth-order valence-corrected chi connectivity index (χ4v) is 9.35. The van der Waals surface area contributed by atoms with Crippen molar-refractivity contribution in [3.05, 3.63) is 272 Å². The van der Waals surface area contributed by atoms with Gasteiger partial charge in [0.2, 0.25) is 0 Å². The first kappa shape index (κ1) is 65.8. The molecular weight excluding hydrogens is 1450 g/mol. The number of aromatic nitrogens is 8. The van der Waals surface area contributed by atoms with Crippen molar-refractivity contribution < 1.29 is 173 Å². The molecule has 86 heavy (non-hydrogen) atoms. The van der Waals surface area contributed by atoms with Crippen LogP contribution in [0.5, 0.6) is 0 Å². The number of nitrogens with zero attached hydrogens (tertiary/aromatic N) is 7. The molecular formula is C68H49Cs2F4IN8O3. The Morgan fingerprint density at radius 2 is 0.744 bits per heavy atom. The molecule has 0 saturated carbocycles. The van der Waals surface area contributed by atoms with Crippen LogP contribution in [0.25, 0.3) is 118 Å². The predicted molar refractivity (Wildman–Crippen MR) is 333 cm³/mol. The molecule has 1 N–H and O–H groups in total. The van der Waals surface area contributed by atoms with Crippen LogP contribution >= 0.6 is 24.0 Å². The van der Waals surface area contributed by atoms with Gasteiger partial charge in [-0.3, -0.25) is 9.18 Å². The van der Waals surface area contributed by atoms with Crippen LogP contribution in [0.2, 0.25) is 0 Å². The number of fused-ring (bicyclic) bond motifs is 6. The van der Waals surface area contributed by atoms with E-state index in [0.29, 0.717) is 34.7 Å². The first-order valence-electron chi connectivity index (χ1n) is 26.5. The minimum Gasteiger partial charge on any atom is -1.00 e. The molecule has 4 aromatic heterocycles. The van der Waals surface area contributed by atoms with Gasteiger partial charge in [-0.05, 0) is 54.6 Å². The largest absolute Gasteiger partial charge is 1.00 e. The van der Waals surface area contributed by atoms with Crippen molar-refractivity contribution in [1.82, 2.24) is 39.5 Å². The van der Waals surface area contributed by atoms with Crippen molar-refractivity contribution in [1.29, 1.82) is 0 Å². The van der Waals surface area contributed by atoms with E-state index >= 15 is 4.39 Å². The third-order valence-electron chi connectivity index (χ3n) is 13.1. The summed E-state index contributed by atoms with van der Waals surface area (Å²) in [5, 5.41) is 13.3. The van der Waals surface area contributed by atoms with Crippen LogP contribution in [0.15, 0.2) is 255 Å². The molecule has 10 aromatic carbocycles. The third kappa shape index (κ3) is 16.1. The van der Waals surface area contributed by atoms with Gasteiger partial charge < -0.3 is 21.1 Å². The minimum atomic E-state index is -1.00. The van der Waals surface area contributed by atoms with E-state index in [4.69, 9.17) is 16.4 Å². The second-order valence-corrected chi connectivity index (χ2v) is 18.1. The molecule has 4 heterocycles. The Hall–Kier alpha value is -6.20. The summed E-state index contributed by atoms with van der Waals surface area (Å²) >= 11 is 0. The Kier molecular flexibility index (Phi) is 25.4. The minimum absolute atomic E-state index is 0. The molecule has 0 bridgehead atoms. The van der Waals surface area contributed by atoms with Crippen LogP contribution in [-0.2, 0) is 9.68 Å². The molecule has 0 spiro atoms. The Labute approximate surface area is 630 Å². The zero-order valence-corrected chi connectivity index (χ0v) is 61.2. The van der Waals surface area contributed by atoms with Crippen LogP contribution in [0, 0.1) is 17.5 Å². The molecule has 0 aliphatic carbocycles. The van der Waals surface area contributed by atoms with Gasteiger partial charge in [-0.1, -0.05) is 194 Å². The average molecular weight is 1500 g/mol. The summed E-state index contributed by atoms with van der Waals surface area (Å²) in [7, 11) is -1.00. The van der Waals surface area contributed by atoms with Gasteiger partial charge in [0.1, 0.15) is 17.5 Å². The van der Waals surface area contributed by atoms with Gasteiger partial charge in [0.05, 0.1) is 30.7 Å². The van der Waals surface area contributed by atoms with Crippen molar-refractivity contribution >= 4 is 74.1 Å². The fraction of sp³-hybridized carbons (Fsp3) is 0.0147. The molecule has 18 heteroatoms. The summed E-state index contributed by atoms with van der Waals surface area (Å²) in [4.78, 5) is 42.0. The molecule has 416 valence electrons. The normalized spacial score (nSPS) is 10.4. The zero-order chi connectivity index (χ0) is 58.2. The molecule has 11 nitrogen and oxygen atoms in total. The van der Waals surface area contributed by atoms with Gasteiger partial charge in [0, 0.05) is 66.6 Å². The molecule has 14 aromatic rings. The topological polar surface area (TPSA) is 147 Å². The number of halogens is 5. The number of hydrogen-bond donors (Lipinski definition) is 1. The van der Waals surface area contributed by atoms with E-state index in [2.05, 4.69) is 112 Å². The van der Waals surface area contributed by atoms with Crippen LogP contribution in [0.3, 0.4) is 0 Å². The first-order valence-corrected chi connectivity index (χ1v) is 25.8. The van der Waals surface area contributed by atoms with Crippen LogP contribution in [-0.4, -0.2) is 53.1 Å². The SMILES string of the molecule is Fc1cc(-n2c3ccccc3c3ccccc32)ccc1-c1nc(-c2ccccc2)nc(-c2ccccc2)n1.Fc1ccc(-c2nc(-c3ccccc3)nc(-c3ccccc3)n2)c(F)c1.I.O=CO[O-].[2H]CF.[Cs+].[Cs+].[H-].c1ccc2c(c1)[nH]c1ccccc12. The van der Waals surface area contributed by atoms with Crippen molar-refractivity contribution in [2.24, 2.45) is 0 Å². The van der Waals surface area contributed by atoms with Crippen LogP contribution in [0.4, 0.5) is 17.6 Å². The summed E-state index contributed by atoms with van der Waals surface area (Å²) < 4.78 is 61.0. The molecule has 0 atom stereocenters. The van der Waals surface area contributed by atoms with E-state index in [1.807, 2.05) is 152 Å².